The first kappa shape index (κ1) is 17.6. The van der Waals surface area contributed by atoms with Crippen LogP contribution in [0.5, 0.6) is 0 Å². The van der Waals surface area contributed by atoms with E-state index in [9.17, 15) is 9.18 Å². The number of hydrogen-bond donors (Lipinski definition) is 1. The molecule has 0 saturated heterocycles. The maximum absolute atomic E-state index is 13.1. The SMILES string of the molecule is CC(C)[C@H](NCc1cc(=O)n2cc(Cl)ccc2n1)c1ccc(F)cc1. The summed E-state index contributed by atoms with van der Waals surface area (Å²) in [5.74, 6) is 0.0416. The Balaban J connectivity index is 1.83. The monoisotopic (exact) mass is 359 g/mol. The minimum atomic E-state index is -0.255. The van der Waals surface area contributed by atoms with Crippen LogP contribution in [0.15, 0.2) is 53.5 Å². The number of fused-ring (bicyclic) bond motifs is 1. The highest BCUT2D eigenvalue weighted by Crippen LogP contribution is 2.22. The topological polar surface area (TPSA) is 46.4 Å². The first-order chi connectivity index (χ1) is 11.9. The molecule has 0 unspecified atom stereocenters. The van der Waals surface area contributed by atoms with Gasteiger partial charge in [0.15, 0.2) is 0 Å². The lowest BCUT2D eigenvalue weighted by Crippen LogP contribution is -2.27. The quantitative estimate of drug-likeness (QED) is 0.749. The van der Waals surface area contributed by atoms with Crippen LogP contribution in [0.2, 0.25) is 5.02 Å². The van der Waals surface area contributed by atoms with Crippen molar-refractivity contribution in [2.45, 2.75) is 26.4 Å². The van der Waals surface area contributed by atoms with Gasteiger partial charge in [-0.25, -0.2) is 9.37 Å². The van der Waals surface area contributed by atoms with E-state index >= 15 is 0 Å². The van der Waals surface area contributed by atoms with E-state index in [-0.39, 0.29) is 17.4 Å². The summed E-state index contributed by atoms with van der Waals surface area (Å²) < 4.78 is 14.6. The molecule has 0 saturated carbocycles. The van der Waals surface area contributed by atoms with Gasteiger partial charge in [-0.15, -0.1) is 0 Å². The van der Waals surface area contributed by atoms with Crippen molar-refractivity contribution in [1.82, 2.24) is 14.7 Å². The van der Waals surface area contributed by atoms with Crippen LogP contribution in [0, 0.1) is 11.7 Å². The fraction of sp³-hybridized carbons (Fsp3) is 0.263. The van der Waals surface area contributed by atoms with Gasteiger partial charge < -0.3 is 5.32 Å². The van der Waals surface area contributed by atoms with E-state index in [0.29, 0.717) is 28.8 Å². The van der Waals surface area contributed by atoms with Crippen LogP contribution in [-0.2, 0) is 6.54 Å². The number of pyridine rings is 1. The average molecular weight is 360 g/mol. The summed E-state index contributed by atoms with van der Waals surface area (Å²) in [7, 11) is 0. The van der Waals surface area contributed by atoms with E-state index in [4.69, 9.17) is 11.6 Å². The van der Waals surface area contributed by atoms with E-state index in [1.165, 1.54) is 22.6 Å². The van der Waals surface area contributed by atoms with Gasteiger partial charge in [0.05, 0.1) is 10.7 Å². The van der Waals surface area contributed by atoms with Crippen molar-refractivity contribution in [3.8, 4) is 0 Å². The van der Waals surface area contributed by atoms with Gasteiger partial charge in [0.25, 0.3) is 5.56 Å². The van der Waals surface area contributed by atoms with Crippen molar-refractivity contribution in [1.29, 1.82) is 0 Å². The van der Waals surface area contributed by atoms with Crippen LogP contribution in [0.3, 0.4) is 0 Å². The molecular weight excluding hydrogens is 341 g/mol. The number of rotatable bonds is 5. The summed E-state index contributed by atoms with van der Waals surface area (Å²) >= 11 is 5.92. The van der Waals surface area contributed by atoms with Crippen LogP contribution >= 0.6 is 11.6 Å². The van der Waals surface area contributed by atoms with Crippen molar-refractivity contribution in [3.05, 3.63) is 81.1 Å². The molecule has 0 radical (unpaired) electrons. The number of aromatic nitrogens is 2. The maximum atomic E-state index is 13.1. The van der Waals surface area contributed by atoms with Crippen LogP contribution < -0.4 is 10.9 Å². The van der Waals surface area contributed by atoms with Crippen molar-refractivity contribution in [2.75, 3.05) is 0 Å². The lowest BCUT2D eigenvalue weighted by atomic mass is 9.96. The Bertz CT molecular complexity index is 938. The zero-order valence-corrected chi connectivity index (χ0v) is 14.8. The van der Waals surface area contributed by atoms with Crippen molar-refractivity contribution in [3.63, 3.8) is 0 Å². The molecule has 3 aromatic rings. The van der Waals surface area contributed by atoms with Gasteiger partial charge in [-0.05, 0) is 35.7 Å². The first-order valence-electron chi connectivity index (χ1n) is 8.11. The molecule has 0 fully saturated rings. The molecule has 1 atom stereocenters. The molecule has 0 bridgehead atoms. The van der Waals surface area contributed by atoms with Crippen molar-refractivity contribution < 1.29 is 4.39 Å². The molecule has 6 heteroatoms. The highest BCUT2D eigenvalue weighted by molar-refractivity contribution is 6.30. The second-order valence-electron chi connectivity index (χ2n) is 6.32. The summed E-state index contributed by atoms with van der Waals surface area (Å²) in [5.41, 5.74) is 2.03. The predicted octanol–water partition coefficient (Wildman–Crippen LogP) is 3.97. The summed E-state index contributed by atoms with van der Waals surface area (Å²) in [6, 6.07) is 11.4. The molecule has 0 aliphatic rings. The second kappa shape index (κ2) is 7.33. The maximum Gasteiger partial charge on any atom is 0.258 e. The molecule has 25 heavy (non-hydrogen) atoms. The Morgan fingerprint density at radius 3 is 2.60 bits per heavy atom. The third kappa shape index (κ3) is 4.06. The van der Waals surface area contributed by atoms with Crippen molar-refractivity contribution >= 4 is 17.2 Å². The van der Waals surface area contributed by atoms with E-state index in [1.54, 1.807) is 30.5 Å². The Morgan fingerprint density at radius 2 is 1.92 bits per heavy atom. The van der Waals surface area contributed by atoms with Gasteiger partial charge in [0.1, 0.15) is 11.5 Å². The number of benzene rings is 1. The molecule has 2 heterocycles. The molecule has 0 spiro atoms. The average Bonchev–Trinajstić information content (AvgIpc) is 2.57. The van der Waals surface area contributed by atoms with E-state index in [0.717, 1.165) is 5.56 Å². The molecular formula is C19H19ClFN3O. The highest BCUT2D eigenvalue weighted by Gasteiger charge is 2.16. The third-order valence-electron chi connectivity index (χ3n) is 4.08. The van der Waals surface area contributed by atoms with Gasteiger partial charge in [0, 0.05) is 24.8 Å². The standard InChI is InChI=1S/C19H19ClFN3O/c1-12(2)19(13-3-6-15(21)7-4-13)22-10-16-9-18(25)24-11-14(20)5-8-17(24)23-16/h3-9,11-12,19,22H,10H2,1-2H3/t19-/m0/s1. The zero-order valence-electron chi connectivity index (χ0n) is 14.0. The number of nitrogens with one attached hydrogen (secondary N) is 1. The van der Waals surface area contributed by atoms with E-state index in [2.05, 4.69) is 24.1 Å². The fourth-order valence-corrected chi connectivity index (χ4v) is 3.00. The highest BCUT2D eigenvalue weighted by atomic mass is 35.5. The summed E-state index contributed by atoms with van der Waals surface area (Å²) in [6.07, 6.45) is 1.55. The van der Waals surface area contributed by atoms with E-state index in [1.807, 2.05) is 0 Å². The predicted molar refractivity (Wildman–Crippen MR) is 97.3 cm³/mol. The molecule has 4 nitrogen and oxygen atoms in total. The zero-order chi connectivity index (χ0) is 18.0. The molecule has 0 amide bonds. The van der Waals surface area contributed by atoms with Crippen LogP contribution in [0.4, 0.5) is 4.39 Å². The Hall–Kier alpha value is -2.24. The van der Waals surface area contributed by atoms with Gasteiger partial charge in [0.2, 0.25) is 0 Å². The molecule has 0 aliphatic carbocycles. The van der Waals surface area contributed by atoms with Crippen molar-refractivity contribution in [2.24, 2.45) is 5.92 Å². The van der Waals surface area contributed by atoms with E-state index < -0.39 is 0 Å². The third-order valence-corrected chi connectivity index (χ3v) is 4.30. The molecule has 0 aliphatic heterocycles. The Labute approximate surface area is 150 Å². The van der Waals surface area contributed by atoms with Gasteiger partial charge in [-0.2, -0.15) is 0 Å². The molecule has 1 N–H and O–H groups in total. The Morgan fingerprint density at radius 1 is 1.20 bits per heavy atom. The Kier molecular flexibility index (Phi) is 5.16. The first-order valence-corrected chi connectivity index (χ1v) is 8.48. The lowest BCUT2D eigenvalue weighted by molar-refractivity contribution is 0.408. The number of nitrogens with zero attached hydrogens (tertiary/aromatic N) is 2. The van der Waals surface area contributed by atoms with Gasteiger partial charge in [-0.1, -0.05) is 37.6 Å². The summed E-state index contributed by atoms with van der Waals surface area (Å²) in [4.78, 5) is 16.7. The molecule has 2 aromatic heterocycles. The van der Waals surface area contributed by atoms with Gasteiger partial charge in [-0.3, -0.25) is 9.20 Å². The van der Waals surface area contributed by atoms with Crippen LogP contribution in [-0.4, -0.2) is 9.38 Å². The summed E-state index contributed by atoms with van der Waals surface area (Å²) in [5, 5.41) is 3.90. The smallest absolute Gasteiger partial charge is 0.258 e. The van der Waals surface area contributed by atoms with Crippen LogP contribution in [0.1, 0.15) is 31.1 Å². The van der Waals surface area contributed by atoms with Crippen LogP contribution in [0.25, 0.3) is 5.65 Å². The molecule has 1 aromatic carbocycles. The number of halogens is 2. The largest absolute Gasteiger partial charge is 0.304 e. The molecule has 130 valence electrons. The fourth-order valence-electron chi connectivity index (χ4n) is 2.84. The van der Waals surface area contributed by atoms with Gasteiger partial charge >= 0.3 is 0 Å². The summed E-state index contributed by atoms with van der Waals surface area (Å²) in [6.45, 7) is 4.62. The number of hydrogen-bond acceptors (Lipinski definition) is 3. The minimum absolute atomic E-state index is 0.0334. The normalized spacial score (nSPS) is 12.7. The second-order valence-corrected chi connectivity index (χ2v) is 6.75. The molecule has 3 rings (SSSR count). The minimum Gasteiger partial charge on any atom is -0.304 e. The lowest BCUT2D eigenvalue weighted by Gasteiger charge is -2.23.